The van der Waals surface area contributed by atoms with Crippen molar-refractivity contribution in [3.8, 4) is 0 Å². The normalized spacial score (nSPS) is 22.6. The molecule has 4 aliphatic rings. The highest BCUT2D eigenvalue weighted by Gasteiger charge is 2.63. The van der Waals surface area contributed by atoms with Gasteiger partial charge in [0.05, 0.1) is 11.8 Å². The van der Waals surface area contributed by atoms with E-state index in [1.807, 2.05) is 48.5 Å². The number of ether oxygens (including phenoxy) is 1. The van der Waals surface area contributed by atoms with E-state index in [1.165, 1.54) is 6.92 Å². The van der Waals surface area contributed by atoms with Crippen molar-refractivity contribution in [2.45, 2.75) is 38.6 Å². The molecule has 8 heteroatoms. The van der Waals surface area contributed by atoms with Gasteiger partial charge in [0.2, 0.25) is 11.8 Å². The number of hydrogen-bond acceptors (Lipinski definition) is 6. The first-order chi connectivity index (χ1) is 19.7. The molecule has 0 spiro atoms. The molecule has 3 aliphatic carbocycles. The second-order valence-electron chi connectivity index (χ2n) is 11.3. The Morgan fingerprint density at radius 3 is 1.66 bits per heavy atom. The van der Waals surface area contributed by atoms with Crippen LogP contribution in [0.2, 0.25) is 0 Å². The van der Waals surface area contributed by atoms with Crippen LogP contribution < -0.4 is 5.32 Å². The number of Topliss-reactive ketones (excluding diaryl/α,β-unsaturated/α-hetero) is 1. The van der Waals surface area contributed by atoms with Gasteiger partial charge in [0, 0.05) is 23.1 Å². The van der Waals surface area contributed by atoms with Crippen LogP contribution in [0.5, 0.6) is 0 Å². The molecule has 0 saturated carbocycles. The average Bonchev–Trinajstić information content (AvgIpc) is 3.22. The SMILES string of the molecule is CC(=O)c1ccc(NC(=O)COC(=O)[C@H](C(C)C)N2C(=O)[C@H]3C4c5ccccc5C(c5ccccc54)[C@@H]3C2=O)cc1. The van der Waals surface area contributed by atoms with Crippen LogP contribution in [-0.4, -0.2) is 47.0 Å². The molecule has 0 aromatic heterocycles. The van der Waals surface area contributed by atoms with Gasteiger partial charge in [-0.15, -0.1) is 0 Å². The van der Waals surface area contributed by atoms with Crippen molar-refractivity contribution in [2.24, 2.45) is 17.8 Å². The highest BCUT2D eigenvalue weighted by atomic mass is 16.5. The molecule has 1 heterocycles. The average molecular weight is 551 g/mol. The first kappa shape index (κ1) is 26.6. The van der Waals surface area contributed by atoms with Gasteiger partial charge in [-0.3, -0.25) is 24.1 Å². The fourth-order valence-electron chi connectivity index (χ4n) is 6.86. The molecule has 3 aromatic carbocycles. The number of nitrogens with zero attached hydrogens (tertiary/aromatic N) is 1. The molecule has 3 atom stereocenters. The Kier molecular flexibility index (Phi) is 6.56. The van der Waals surface area contributed by atoms with E-state index in [0.717, 1.165) is 27.2 Å². The van der Waals surface area contributed by atoms with Crippen LogP contribution in [0.25, 0.3) is 0 Å². The maximum Gasteiger partial charge on any atom is 0.330 e. The Morgan fingerprint density at radius 1 is 0.780 bits per heavy atom. The lowest BCUT2D eigenvalue weighted by molar-refractivity contribution is -0.162. The summed E-state index contributed by atoms with van der Waals surface area (Å²) < 4.78 is 5.37. The molecule has 3 amide bonds. The van der Waals surface area contributed by atoms with Gasteiger partial charge in [-0.1, -0.05) is 62.4 Å². The highest BCUT2D eigenvalue weighted by molar-refractivity contribution is 6.10. The van der Waals surface area contributed by atoms with Gasteiger partial charge in [0.15, 0.2) is 12.4 Å². The Bertz CT molecular complexity index is 1480. The number of imide groups is 1. The minimum Gasteiger partial charge on any atom is -0.454 e. The molecule has 1 fully saturated rings. The molecule has 0 radical (unpaired) electrons. The Morgan fingerprint density at radius 2 is 1.24 bits per heavy atom. The minimum absolute atomic E-state index is 0.0943. The van der Waals surface area contributed by atoms with E-state index in [9.17, 15) is 24.0 Å². The predicted molar refractivity (Wildman–Crippen MR) is 150 cm³/mol. The number of likely N-dealkylation sites (tertiary alicyclic amines) is 1. The van der Waals surface area contributed by atoms with Gasteiger partial charge in [0.25, 0.3) is 5.91 Å². The summed E-state index contributed by atoms with van der Waals surface area (Å²) in [5, 5.41) is 2.62. The van der Waals surface area contributed by atoms with Crippen molar-refractivity contribution in [1.29, 1.82) is 0 Å². The molecule has 1 aliphatic heterocycles. The molecule has 41 heavy (non-hydrogen) atoms. The van der Waals surface area contributed by atoms with Crippen LogP contribution in [0.4, 0.5) is 5.69 Å². The molecule has 208 valence electrons. The smallest absolute Gasteiger partial charge is 0.330 e. The number of hydrogen-bond donors (Lipinski definition) is 1. The predicted octanol–water partition coefficient (Wildman–Crippen LogP) is 4.29. The van der Waals surface area contributed by atoms with Crippen LogP contribution in [-0.2, 0) is 23.9 Å². The first-order valence-electron chi connectivity index (χ1n) is 13.8. The van der Waals surface area contributed by atoms with Gasteiger partial charge in [0.1, 0.15) is 6.04 Å². The summed E-state index contributed by atoms with van der Waals surface area (Å²) in [5.41, 5.74) is 5.16. The first-order valence-corrected chi connectivity index (χ1v) is 13.8. The third-order valence-electron chi connectivity index (χ3n) is 8.55. The fraction of sp³-hybridized carbons (Fsp3) is 0.303. The summed E-state index contributed by atoms with van der Waals surface area (Å²) in [7, 11) is 0. The number of carbonyl (C=O) groups is 5. The molecule has 3 aromatic rings. The van der Waals surface area contributed by atoms with Gasteiger partial charge >= 0.3 is 5.97 Å². The summed E-state index contributed by atoms with van der Waals surface area (Å²) in [5.74, 6) is -4.40. The van der Waals surface area contributed by atoms with E-state index in [-0.39, 0.29) is 29.4 Å². The number of ketones is 1. The second kappa shape index (κ2) is 10.1. The largest absolute Gasteiger partial charge is 0.454 e. The van der Waals surface area contributed by atoms with Crippen molar-refractivity contribution in [1.82, 2.24) is 4.90 Å². The van der Waals surface area contributed by atoms with Crippen molar-refractivity contribution in [2.75, 3.05) is 11.9 Å². The van der Waals surface area contributed by atoms with Crippen molar-refractivity contribution in [3.05, 3.63) is 101 Å². The Balaban J connectivity index is 1.23. The number of carbonyl (C=O) groups excluding carboxylic acids is 5. The van der Waals surface area contributed by atoms with Crippen LogP contribution in [0.15, 0.2) is 72.8 Å². The summed E-state index contributed by atoms with van der Waals surface area (Å²) in [4.78, 5) is 66.6. The van der Waals surface area contributed by atoms with Crippen molar-refractivity contribution in [3.63, 3.8) is 0 Å². The lowest BCUT2D eigenvalue weighted by Gasteiger charge is -2.45. The van der Waals surface area contributed by atoms with Gasteiger partial charge < -0.3 is 10.1 Å². The standard InChI is InChI=1S/C33H30N2O6/c1-17(2)30(33(40)41-16-25(37)34-20-14-12-19(13-15-20)18(3)36)35-31(38)28-26-21-8-4-5-9-22(21)27(29(28)32(35)39)24-11-7-6-10-23(24)26/h4-15,17,26-30H,16H2,1-3H3,(H,34,37)/t26?,27?,28-,29-,30-/m0/s1. The molecule has 1 saturated heterocycles. The summed E-state index contributed by atoms with van der Waals surface area (Å²) in [6, 6.07) is 21.1. The minimum atomic E-state index is -1.16. The quantitative estimate of drug-likeness (QED) is 0.267. The molecule has 7 rings (SSSR count). The molecule has 0 unspecified atom stereocenters. The maximum atomic E-state index is 14.1. The van der Waals surface area contributed by atoms with Gasteiger partial charge in [-0.25, -0.2) is 4.79 Å². The number of benzene rings is 3. The van der Waals surface area contributed by atoms with Crippen LogP contribution in [0.3, 0.4) is 0 Å². The van der Waals surface area contributed by atoms with E-state index >= 15 is 0 Å². The van der Waals surface area contributed by atoms with E-state index < -0.39 is 42.3 Å². The van der Waals surface area contributed by atoms with E-state index in [0.29, 0.717) is 11.3 Å². The topological polar surface area (TPSA) is 110 Å². The zero-order chi connectivity index (χ0) is 29.0. The van der Waals surface area contributed by atoms with Crippen LogP contribution >= 0.6 is 0 Å². The third kappa shape index (κ3) is 4.25. The third-order valence-corrected chi connectivity index (χ3v) is 8.55. The maximum absolute atomic E-state index is 14.1. The zero-order valence-corrected chi connectivity index (χ0v) is 23.0. The molecule has 8 nitrogen and oxygen atoms in total. The number of anilines is 1. The number of amides is 3. The van der Waals surface area contributed by atoms with Crippen molar-refractivity contribution >= 4 is 35.2 Å². The lowest BCUT2D eigenvalue weighted by atomic mass is 9.55. The molecule has 1 N–H and O–H groups in total. The molecule has 2 bridgehead atoms. The summed E-state index contributed by atoms with van der Waals surface area (Å²) >= 11 is 0. The molecular formula is C33H30N2O6. The fourth-order valence-corrected chi connectivity index (χ4v) is 6.86. The Labute approximate surface area is 237 Å². The number of rotatable bonds is 7. The zero-order valence-electron chi connectivity index (χ0n) is 23.0. The van der Waals surface area contributed by atoms with Gasteiger partial charge in [-0.2, -0.15) is 0 Å². The molecular weight excluding hydrogens is 520 g/mol. The second-order valence-corrected chi connectivity index (χ2v) is 11.3. The summed E-state index contributed by atoms with van der Waals surface area (Å²) in [6.45, 7) is 4.37. The Hall–Kier alpha value is -4.59. The lowest BCUT2D eigenvalue weighted by Crippen LogP contribution is -2.49. The van der Waals surface area contributed by atoms with E-state index in [2.05, 4.69) is 5.32 Å². The number of nitrogens with one attached hydrogen (secondary N) is 1. The highest BCUT2D eigenvalue weighted by Crippen LogP contribution is 2.61. The van der Waals surface area contributed by atoms with E-state index in [1.54, 1.807) is 38.1 Å². The van der Waals surface area contributed by atoms with Gasteiger partial charge in [-0.05, 0) is 59.4 Å². The van der Waals surface area contributed by atoms with Crippen LogP contribution in [0, 0.1) is 17.8 Å². The number of esters is 1. The van der Waals surface area contributed by atoms with E-state index in [4.69, 9.17) is 4.74 Å². The monoisotopic (exact) mass is 550 g/mol. The van der Waals surface area contributed by atoms with Crippen molar-refractivity contribution < 1.29 is 28.7 Å². The van der Waals surface area contributed by atoms with Crippen LogP contribution in [0.1, 0.15) is 65.2 Å². The summed E-state index contributed by atoms with van der Waals surface area (Å²) in [6.07, 6.45) is 0.